The molecule has 0 spiro atoms. The molecule has 0 saturated carbocycles. The van der Waals surface area contributed by atoms with E-state index in [0.29, 0.717) is 0 Å². The van der Waals surface area contributed by atoms with E-state index in [1.165, 1.54) is 31.3 Å². The number of rotatable bonds is 2. The molecule has 0 atom stereocenters. The van der Waals surface area contributed by atoms with Gasteiger partial charge in [-0.3, -0.25) is 0 Å². The van der Waals surface area contributed by atoms with Crippen molar-refractivity contribution in [2.24, 2.45) is 0 Å². The maximum absolute atomic E-state index is 5.39. The predicted molar refractivity (Wildman–Crippen MR) is 46.9 cm³/mol. The monoisotopic (exact) mass is 168 g/mol. The van der Waals surface area contributed by atoms with Crippen molar-refractivity contribution in [1.82, 2.24) is 0 Å². The highest BCUT2D eigenvalue weighted by molar-refractivity contribution is 5.05. The first kappa shape index (κ1) is 8.27. The molecule has 12 heavy (non-hydrogen) atoms. The third-order valence-corrected chi connectivity index (χ3v) is 2.50. The molecule has 2 rings (SSSR count). The lowest BCUT2D eigenvalue weighted by Gasteiger charge is -2.15. The Kier molecular flexibility index (Phi) is 2.79. The van der Waals surface area contributed by atoms with E-state index < -0.39 is 0 Å². The van der Waals surface area contributed by atoms with Crippen LogP contribution in [0.3, 0.4) is 0 Å². The first-order chi connectivity index (χ1) is 5.95. The lowest BCUT2D eigenvalue weighted by atomic mass is 9.97. The molecule has 0 aromatic carbocycles. The van der Waals surface area contributed by atoms with Gasteiger partial charge in [-0.05, 0) is 25.7 Å². The molecule has 1 fully saturated rings. The predicted octanol–water partition coefficient (Wildman–Crippen LogP) is 2.25. The lowest BCUT2D eigenvalue weighted by Crippen LogP contribution is -2.09. The van der Waals surface area contributed by atoms with Gasteiger partial charge in [0.15, 0.2) is 6.29 Å². The Labute approximate surface area is 73.5 Å². The molecule has 0 aromatic heterocycles. The van der Waals surface area contributed by atoms with E-state index in [9.17, 15) is 0 Å². The van der Waals surface area contributed by atoms with Gasteiger partial charge in [-0.25, -0.2) is 0 Å². The molecule has 0 bridgehead atoms. The summed E-state index contributed by atoms with van der Waals surface area (Å²) >= 11 is 0. The van der Waals surface area contributed by atoms with E-state index in [2.05, 4.69) is 6.08 Å². The van der Waals surface area contributed by atoms with Crippen LogP contribution in [0.25, 0.3) is 0 Å². The standard InChI is InChI=1S/C10H16O2/c1-2-4-9(5-3-1)8-10-11-6-7-12-10/h4,10H,1-3,5-8H2. The van der Waals surface area contributed by atoms with Crippen LogP contribution in [-0.2, 0) is 9.47 Å². The largest absolute Gasteiger partial charge is 0.350 e. The fourth-order valence-corrected chi connectivity index (χ4v) is 1.83. The van der Waals surface area contributed by atoms with Crippen LogP contribution >= 0.6 is 0 Å². The minimum atomic E-state index is 0.0642. The van der Waals surface area contributed by atoms with Crippen LogP contribution in [0, 0.1) is 0 Å². The summed E-state index contributed by atoms with van der Waals surface area (Å²) in [7, 11) is 0. The minimum absolute atomic E-state index is 0.0642. The van der Waals surface area contributed by atoms with E-state index in [-0.39, 0.29) is 6.29 Å². The zero-order chi connectivity index (χ0) is 8.23. The van der Waals surface area contributed by atoms with Gasteiger partial charge in [-0.15, -0.1) is 0 Å². The molecular formula is C10H16O2. The van der Waals surface area contributed by atoms with Gasteiger partial charge in [0.05, 0.1) is 13.2 Å². The number of allylic oxidation sites excluding steroid dienone is 1. The Balaban J connectivity index is 1.80. The molecule has 2 aliphatic rings. The second kappa shape index (κ2) is 4.06. The van der Waals surface area contributed by atoms with Crippen LogP contribution in [-0.4, -0.2) is 19.5 Å². The van der Waals surface area contributed by atoms with E-state index >= 15 is 0 Å². The summed E-state index contributed by atoms with van der Waals surface area (Å²) in [4.78, 5) is 0. The summed E-state index contributed by atoms with van der Waals surface area (Å²) in [6.07, 6.45) is 8.63. The Morgan fingerprint density at radius 2 is 2.08 bits per heavy atom. The van der Waals surface area contributed by atoms with Crippen molar-refractivity contribution in [1.29, 1.82) is 0 Å². The third-order valence-electron chi connectivity index (χ3n) is 2.50. The van der Waals surface area contributed by atoms with Gasteiger partial charge in [-0.1, -0.05) is 11.6 Å². The molecule has 0 unspecified atom stereocenters. The Bertz CT molecular complexity index is 169. The Morgan fingerprint density at radius 3 is 2.75 bits per heavy atom. The SMILES string of the molecule is C1=C(CC2OCCO2)CCCC1. The normalized spacial score (nSPS) is 25.8. The molecule has 0 amide bonds. The zero-order valence-electron chi connectivity index (χ0n) is 7.42. The second-order valence-electron chi connectivity index (χ2n) is 3.48. The van der Waals surface area contributed by atoms with E-state index in [4.69, 9.17) is 9.47 Å². The Hall–Kier alpha value is -0.340. The van der Waals surface area contributed by atoms with Crippen LogP contribution in [0.2, 0.25) is 0 Å². The average Bonchev–Trinajstić information content (AvgIpc) is 2.59. The van der Waals surface area contributed by atoms with Gasteiger partial charge < -0.3 is 9.47 Å². The molecule has 1 heterocycles. The quantitative estimate of drug-likeness (QED) is 0.589. The van der Waals surface area contributed by atoms with Gasteiger partial charge in [0, 0.05) is 6.42 Å². The van der Waals surface area contributed by atoms with Crippen LogP contribution in [0.1, 0.15) is 32.1 Å². The summed E-state index contributed by atoms with van der Waals surface area (Å²) in [5.41, 5.74) is 1.54. The maximum atomic E-state index is 5.39. The van der Waals surface area contributed by atoms with Crippen LogP contribution in [0.5, 0.6) is 0 Å². The van der Waals surface area contributed by atoms with Gasteiger partial charge in [0.1, 0.15) is 0 Å². The van der Waals surface area contributed by atoms with Crippen molar-refractivity contribution in [3.05, 3.63) is 11.6 Å². The van der Waals surface area contributed by atoms with Crippen molar-refractivity contribution in [3.8, 4) is 0 Å². The first-order valence-electron chi connectivity index (χ1n) is 4.86. The van der Waals surface area contributed by atoms with Crippen molar-refractivity contribution in [2.75, 3.05) is 13.2 Å². The van der Waals surface area contributed by atoms with Gasteiger partial charge >= 0.3 is 0 Å². The highest BCUT2D eigenvalue weighted by Gasteiger charge is 2.17. The summed E-state index contributed by atoms with van der Waals surface area (Å²) < 4.78 is 10.8. The summed E-state index contributed by atoms with van der Waals surface area (Å²) in [6.45, 7) is 1.55. The summed E-state index contributed by atoms with van der Waals surface area (Å²) in [5.74, 6) is 0. The fourth-order valence-electron chi connectivity index (χ4n) is 1.83. The summed E-state index contributed by atoms with van der Waals surface area (Å²) in [6, 6.07) is 0. The third kappa shape index (κ3) is 2.08. The van der Waals surface area contributed by atoms with Gasteiger partial charge in [0.2, 0.25) is 0 Å². The number of hydrogen-bond acceptors (Lipinski definition) is 2. The van der Waals surface area contributed by atoms with Crippen LogP contribution < -0.4 is 0 Å². The zero-order valence-corrected chi connectivity index (χ0v) is 7.42. The van der Waals surface area contributed by atoms with E-state index in [0.717, 1.165) is 19.6 Å². The second-order valence-corrected chi connectivity index (χ2v) is 3.48. The van der Waals surface area contributed by atoms with Crippen molar-refractivity contribution in [2.45, 2.75) is 38.4 Å². The molecule has 0 radical (unpaired) electrons. The highest BCUT2D eigenvalue weighted by Crippen LogP contribution is 2.23. The minimum Gasteiger partial charge on any atom is -0.350 e. The molecular weight excluding hydrogens is 152 g/mol. The van der Waals surface area contributed by atoms with E-state index in [1.54, 1.807) is 0 Å². The van der Waals surface area contributed by atoms with Crippen LogP contribution in [0.4, 0.5) is 0 Å². The molecule has 0 aromatic rings. The van der Waals surface area contributed by atoms with Crippen LogP contribution in [0.15, 0.2) is 11.6 Å². The maximum Gasteiger partial charge on any atom is 0.161 e. The number of hydrogen-bond donors (Lipinski definition) is 0. The first-order valence-corrected chi connectivity index (χ1v) is 4.86. The van der Waals surface area contributed by atoms with Crippen molar-refractivity contribution >= 4 is 0 Å². The topological polar surface area (TPSA) is 18.5 Å². The fraction of sp³-hybridized carbons (Fsp3) is 0.800. The Morgan fingerprint density at radius 1 is 1.25 bits per heavy atom. The smallest absolute Gasteiger partial charge is 0.161 e. The number of ether oxygens (including phenoxy) is 2. The molecule has 0 N–H and O–H groups in total. The highest BCUT2D eigenvalue weighted by atomic mass is 16.7. The molecule has 2 heteroatoms. The lowest BCUT2D eigenvalue weighted by molar-refractivity contribution is -0.0405. The molecule has 2 nitrogen and oxygen atoms in total. The molecule has 68 valence electrons. The van der Waals surface area contributed by atoms with E-state index in [1.807, 2.05) is 0 Å². The molecule has 1 aliphatic heterocycles. The van der Waals surface area contributed by atoms with Crippen molar-refractivity contribution in [3.63, 3.8) is 0 Å². The molecule has 1 saturated heterocycles. The summed E-state index contributed by atoms with van der Waals surface area (Å²) in [5, 5.41) is 0. The van der Waals surface area contributed by atoms with Gasteiger partial charge in [0.25, 0.3) is 0 Å². The average molecular weight is 168 g/mol. The molecule has 1 aliphatic carbocycles. The van der Waals surface area contributed by atoms with Crippen molar-refractivity contribution < 1.29 is 9.47 Å². The van der Waals surface area contributed by atoms with Gasteiger partial charge in [-0.2, -0.15) is 0 Å².